The van der Waals surface area contributed by atoms with Gasteiger partial charge >= 0.3 is 0 Å². The maximum Gasteiger partial charge on any atom is 0.229 e. The first-order chi connectivity index (χ1) is 12.1. The van der Waals surface area contributed by atoms with Gasteiger partial charge in [0.2, 0.25) is 17.6 Å². The summed E-state index contributed by atoms with van der Waals surface area (Å²) < 4.78 is 10.6. The third-order valence-corrected chi connectivity index (χ3v) is 4.61. The number of aryl methyl sites for hydroxylation is 1. The van der Waals surface area contributed by atoms with Gasteiger partial charge in [-0.2, -0.15) is 4.98 Å². The standard InChI is InChI=1S/C18H18N4O3/c1-11-17(19-10-24-11)18-20-16(25-21-18)9-15-14-6-4-3-5-13(14)7-8-22(15)12(2)23/h3-6,10,15H,7-9H2,1-2H3. The fourth-order valence-corrected chi connectivity index (χ4v) is 3.37. The number of oxazole rings is 1. The summed E-state index contributed by atoms with van der Waals surface area (Å²) in [7, 11) is 0. The molecule has 1 aromatic carbocycles. The second-order valence-electron chi connectivity index (χ2n) is 6.15. The topological polar surface area (TPSA) is 85.3 Å². The summed E-state index contributed by atoms with van der Waals surface area (Å²) in [6, 6.07) is 8.09. The van der Waals surface area contributed by atoms with Crippen LogP contribution in [0.1, 0.15) is 35.7 Å². The van der Waals surface area contributed by atoms with Crippen LogP contribution in [0.4, 0.5) is 0 Å². The molecule has 0 fully saturated rings. The van der Waals surface area contributed by atoms with Crippen molar-refractivity contribution >= 4 is 5.91 Å². The zero-order chi connectivity index (χ0) is 17.4. The molecule has 1 atom stereocenters. The van der Waals surface area contributed by atoms with E-state index >= 15 is 0 Å². The molecule has 2 aromatic heterocycles. The molecule has 0 bridgehead atoms. The molecule has 25 heavy (non-hydrogen) atoms. The summed E-state index contributed by atoms with van der Waals surface area (Å²) >= 11 is 0. The first-order valence-corrected chi connectivity index (χ1v) is 8.21. The lowest BCUT2D eigenvalue weighted by Crippen LogP contribution is -2.39. The average molecular weight is 338 g/mol. The van der Waals surface area contributed by atoms with Gasteiger partial charge < -0.3 is 13.8 Å². The molecule has 0 radical (unpaired) electrons. The number of hydrogen-bond donors (Lipinski definition) is 0. The second-order valence-corrected chi connectivity index (χ2v) is 6.15. The predicted octanol–water partition coefficient (Wildman–Crippen LogP) is 2.72. The van der Waals surface area contributed by atoms with Crippen molar-refractivity contribution in [2.24, 2.45) is 0 Å². The number of benzene rings is 1. The lowest BCUT2D eigenvalue weighted by Gasteiger charge is -2.36. The number of hydrogen-bond acceptors (Lipinski definition) is 6. The van der Waals surface area contributed by atoms with Gasteiger partial charge in [0.1, 0.15) is 5.76 Å². The molecule has 128 valence electrons. The molecule has 1 aliphatic rings. The molecule has 7 heteroatoms. The van der Waals surface area contributed by atoms with Crippen molar-refractivity contribution in [2.75, 3.05) is 6.54 Å². The molecule has 0 spiro atoms. The Hall–Kier alpha value is -2.96. The Morgan fingerprint density at radius 3 is 2.96 bits per heavy atom. The van der Waals surface area contributed by atoms with Crippen LogP contribution in [-0.2, 0) is 17.6 Å². The lowest BCUT2D eigenvalue weighted by atomic mass is 9.90. The number of rotatable bonds is 3. The minimum Gasteiger partial charge on any atom is -0.448 e. The molecule has 0 saturated carbocycles. The first kappa shape index (κ1) is 15.6. The van der Waals surface area contributed by atoms with E-state index in [1.165, 1.54) is 12.0 Å². The molecule has 3 aromatic rings. The predicted molar refractivity (Wildman–Crippen MR) is 88.5 cm³/mol. The van der Waals surface area contributed by atoms with Crippen LogP contribution in [-0.4, -0.2) is 32.5 Å². The highest BCUT2D eigenvalue weighted by Gasteiger charge is 2.30. The highest BCUT2D eigenvalue weighted by Crippen LogP contribution is 2.32. The fourth-order valence-electron chi connectivity index (χ4n) is 3.37. The van der Waals surface area contributed by atoms with E-state index in [2.05, 4.69) is 27.3 Å². The molecule has 7 nitrogen and oxygen atoms in total. The van der Waals surface area contributed by atoms with E-state index in [0.717, 1.165) is 12.0 Å². The van der Waals surface area contributed by atoms with E-state index in [-0.39, 0.29) is 11.9 Å². The summed E-state index contributed by atoms with van der Waals surface area (Å²) in [4.78, 5) is 22.5. The van der Waals surface area contributed by atoms with Gasteiger partial charge in [0.05, 0.1) is 12.5 Å². The highest BCUT2D eigenvalue weighted by atomic mass is 16.5. The molecule has 1 unspecified atom stereocenters. The Bertz CT molecular complexity index is 914. The van der Waals surface area contributed by atoms with Crippen molar-refractivity contribution < 1.29 is 13.7 Å². The first-order valence-electron chi connectivity index (χ1n) is 8.21. The molecule has 3 heterocycles. The SMILES string of the molecule is CC(=O)N1CCc2ccccc2C1Cc1nc(-c2ncoc2C)no1. The van der Waals surface area contributed by atoms with Crippen LogP contribution in [0.15, 0.2) is 39.6 Å². The van der Waals surface area contributed by atoms with Gasteiger partial charge in [0, 0.05) is 13.5 Å². The Kier molecular flexibility index (Phi) is 3.83. The van der Waals surface area contributed by atoms with Crippen LogP contribution >= 0.6 is 0 Å². The van der Waals surface area contributed by atoms with Gasteiger partial charge in [0.15, 0.2) is 12.1 Å². The zero-order valence-electron chi connectivity index (χ0n) is 14.1. The van der Waals surface area contributed by atoms with E-state index < -0.39 is 0 Å². The minimum absolute atomic E-state index is 0.0478. The largest absolute Gasteiger partial charge is 0.448 e. The number of aromatic nitrogens is 3. The molecule has 1 amide bonds. The summed E-state index contributed by atoms with van der Waals surface area (Å²) in [5.41, 5.74) is 2.97. The van der Waals surface area contributed by atoms with E-state index in [9.17, 15) is 4.79 Å². The monoisotopic (exact) mass is 338 g/mol. The Labute approximate surface area is 144 Å². The van der Waals surface area contributed by atoms with Crippen molar-refractivity contribution in [1.82, 2.24) is 20.0 Å². The van der Waals surface area contributed by atoms with E-state index in [1.54, 1.807) is 13.8 Å². The Morgan fingerprint density at radius 2 is 2.20 bits per heavy atom. The van der Waals surface area contributed by atoms with E-state index in [4.69, 9.17) is 8.94 Å². The normalized spacial score (nSPS) is 16.7. The number of carbonyl (C=O) groups is 1. The van der Waals surface area contributed by atoms with Gasteiger partial charge in [-0.05, 0) is 24.5 Å². The number of fused-ring (bicyclic) bond motifs is 1. The quantitative estimate of drug-likeness (QED) is 0.730. The van der Waals surface area contributed by atoms with Crippen LogP contribution < -0.4 is 0 Å². The second kappa shape index (κ2) is 6.16. The Morgan fingerprint density at radius 1 is 1.36 bits per heavy atom. The van der Waals surface area contributed by atoms with Crippen molar-refractivity contribution in [3.05, 3.63) is 53.4 Å². The highest BCUT2D eigenvalue weighted by molar-refractivity contribution is 5.74. The smallest absolute Gasteiger partial charge is 0.229 e. The van der Waals surface area contributed by atoms with Gasteiger partial charge in [-0.3, -0.25) is 4.79 Å². The third kappa shape index (κ3) is 2.82. The summed E-state index contributed by atoms with van der Waals surface area (Å²) in [5, 5.41) is 4.00. The number of carbonyl (C=O) groups excluding carboxylic acids is 1. The van der Waals surface area contributed by atoms with Crippen LogP contribution in [0.25, 0.3) is 11.5 Å². The van der Waals surface area contributed by atoms with E-state index in [1.807, 2.05) is 17.0 Å². The molecule has 0 saturated heterocycles. The molecule has 4 rings (SSSR count). The van der Waals surface area contributed by atoms with Crippen molar-refractivity contribution in [1.29, 1.82) is 0 Å². The van der Waals surface area contributed by atoms with Crippen LogP contribution in [0.2, 0.25) is 0 Å². The van der Waals surface area contributed by atoms with Gasteiger partial charge in [-0.1, -0.05) is 29.4 Å². The zero-order valence-corrected chi connectivity index (χ0v) is 14.1. The summed E-state index contributed by atoms with van der Waals surface area (Å²) in [6.07, 6.45) is 2.69. The van der Waals surface area contributed by atoms with Gasteiger partial charge in [0.25, 0.3) is 0 Å². The third-order valence-electron chi connectivity index (χ3n) is 4.61. The van der Waals surface area contributed by atoms with Crippen LogP contribution in [0.3, 0.4) is 0 Å². The number of amides is 1. The van der Waals surface area contributed by atoms with Gasteiger partial charge in [-0.15, -0.1) is 0 Å². The maximum atomic E-state index is 12.1. The lowest BCUT2D eigenvalue weighted by molar-refractivity contribution is -0.131. The van der Waals surface area contributed by atoms with Crippen molar-refractivity contribution in [3.8, 4) is 11.5 Å². The van der Waals surface area contributed by atoms with Gasteiger partial charge in [-0.25, -0.2) is 4.98 Å². The molecule has 1 aliphatic heterocycles. The molecule has 0 N–H and O–H groups in total. The van der Waals surface area contributed by atoms with Crippen LogP contribution in [0.5, 0.6) is 0 Å². The maximum absolute atomic E-state index is 12.1. The molecular weight excluding hydrogens is 320 g/mol. The summed E-state index contributed by atoms with van der Waals surface area (Å²) in [6.45, 7) is 4.09. The number of nitrogens with zero attached hydrogens (tertiary/aromatic N) is 4. The minimum atomic E-state index is -0.103. The summed E-state index contributed by atoms with van der Waals surface area (Å²) in [5.74, 6) is 1.57. The molecular formula is C18H18N4O3. The molecule has 0 aliphatic carbocycles. The fraction of sp³-hybridized carbons (Fsp3) is 0.333. The Balaban J connectivity index is 1.65. The van der Waals surface area contributed by atoms with Crippen molar-refractivity contribution in [3.63, 3.8) is 0 Å². The average Bonchev–Trinajstić information content (AvgIpc) is 3.23. The van der Waals surface area contributed by atoms with Crippen molar-refractivity contribution in [2.45, 2.75) is 32.7 Å². The van der Waals surface area contributed by atoms with E-state index in [0.29, 0.717) is 36.1 Å². The van der Waals surface area contributed by atoms with Crippen LogP contribution in [0, 0.1) is 6.92 Å².